The molecule has 1 aromatic heterocycles. The molecule has 0 aliphatic rings. The lowest BCUT2D eigenvalue weighted by Crippen LogP contribution is -2.39. The van der Waals surface area contributed by atoms with E-state index in [1.165, 1.54) is 11.4 Å². The molecule has 0 amide bonds. The van der Waals surface area contributed by atoms with Gasteiger partial charge in [0.25, 0.3) is 0 Å². The summed E-state index contributed by atoms with van der Waals surface area (Å²) < 4.78 is 7.48. The average molecular weight is 239 g/mol. The summed E-state index contributed by atoms with van der Waals surface area (Å²) in [4.78, 5) is 0. The normalized spacial score (nSPS) is 14.9. The van der Waals surface area contributed by atoms with Crippen LogP contribution in [0.4, 0.5) is 0 Å². The topological polar surface area (TPSA) is 39.1 Å². The summed E-state index contributed by atoms with van der Waals surface area (Å²) >= 11 is 0. The fourth-order valence-corrected chi connectivity index (χ4v) is 2.02. The van der Waals surface area contributed by atoms with Gasteiger partial charge in [-0.2, -0.15) is 5.10 Å². The Morgan fingerprint density at radius 3 is 2.65 bits per heavy atom. The highest BCUT2D eigenvalue weighted by atomic mass is 16.5. The molecule has 0 saturated carbocycles. The SMILES string of the molecule is CCc1cc(CC(NC)C(C)OC)n(CC)n1. The van der Waals surface area contributed by atoms with Crippen molar-refractivity contribution in [2.24, 2.45) is 0 Å². The van der Waals surface area contributed by atoms with Crippen molar-refractivity contribution >= 4 is 0 Å². The number of nitrogens with one attached hydrogen (secondary N) is 1. The molecule has 0 fully saturated rings. The zero-order valence-corrected chi connectivity index (χ0v) is 11.7. The van der Waals surface area contributed by atoms with E-state index in [9.17, 15) is 0 Å². The number of aromatic nitrogens is 2. The third kappa shape index (κ3) is 3.54. The molecule has 0 aromatic carbocycles. The Morgan fingerprint density at radius 1 is 1.47 bits per heavy atom. The van der Waals surface area contributed by atoms with E-state index < -0.39 is 0 Å². The largest absolute Gasteiger partial charge is 0.380 e. The Bertz CT molecular complexity index is 335. The first-order valence-electron chi connectivity index (χ1n) is 6.41. The first kappa shape index (κ1) is 14.2. The molecule has 4 heteroatoms. The summed E-state index contributed by atoms with van der Waals surface area (Å²) in [5, 5.41) is 7.88. The molecule has 2 unspecified atom stereocenters. The smallest absolute Gasteiger partial charge is 0.0699 e. The van der Waals surface area contributed by atoms with Gasteiger partial charge in [0, 0.05) is 31.8 Å². The number of aryl methyl sites for hydroxylation is 2. The van der Waals surface area contributed by atoms with Crippen LogP contribution in [0.25, 0.3) is 0 Å². The molecule has 0 spiro atoms. The molecule has 0 aliphatic carbocycles. The molecule has 1 aromatic rings. The molecule has 0 radical (unpaired) electrons. The van der Waals surface area contributed by atoms with Crippen LogP contribution < -0.4 is 5.32 Å². The van der Waals surface area contributed by atoms with E-state index in [0.29, 0.717) is 6.04 Å². The van der Waals surface area contributed by atoms with Crippen molar-refractivity contribution in [2.45, 2.75) is 52.3 Å². The van der Waals surface area contributed by atoms with Gasteiger partial charge in [0.2, 0.25) is 0 Å². The Morgan fingerprint density at radius 2 is 2.18 bits per heavy atom. The van der Waals surface area contributed by atoms with Crippen molar-refractivity contribution in [3.8, 4) is 0 Å². The van der Waals surface area contributed by atoms with Crippen molar-refractivity contribution in [2.75, 3.05) is 14.2 Å². The van der Waals surface area contributed by atoms with Crippen molar-refractivity contribution in [3.63, 3.8) is 0 Å². The van der Waals surface area contributed by atoms with Crippen molar-refractivity contribution in [1.29, 1.82) is 0 Å². The van der Waals surface area contributed by atoms with Crippen LogP contribution in [0.2, 0.25) is 0 Å². The summed E-state index contributed by atoms with van der Waals surface area (Å²) in [5.41, 5.74) is 2.45. The Kier molecular flexibility index (Phi) is 5.65. The highest BCUT2D eigenvalue weighted by molar-refractivity contribution is 5.12. The standard InChI is InChI=1S/C13H25N3O/c1-6-11-8-12(16(7-2)15-11)9-13(14-4)10(3)17-5/h8,10,13-14H,6-7,9H2,1-5H3. The van der Waals surface area contributed by atoms with Crippen LogP contribution in [0.3, 0.4) is 0 Å². The lowest BCUT2D eigenvalue weighted by atomic mass is 10.1. The summed E-state index contributed by atoms with van der Waals surface area (Å²) in [7, 11) is 3.73. The second-order valence-corrected chi connectivity index (χ2v) is 4.34. The fraction of sp³-hybridized carbons (Fsp3) is 0.769. The third-order valence-corrected chi connectivity index (χ3v) is 3.31. The lowest BCUT2D eigenvalue weighted by Gasteiger charge is -2.22. The van der Waals surface area contributed by atoms with E-state index in [2.05, 4.69) is 41.9 Å². The van der Waals surface area contributed by atoms with E-state index in [1.807, 2.05) is 7.05 Å². The van der Waals surface area contributed by atoms with Gasteiger partial charge in [-0.3, -0.25) is 4.68 Å². The minimum atomic E-state index is 0.199. The molecule has 1 N–H and O–H groups in total. The lowest BCUT2D eigenvalue weighted by molar-refractivity contribution is 0.0850. The Labute approximate surface area is 104 Å². The first-order chi connectivity index (χ1) is 8.15. The van der Waals surface area contributed by atoms with E-state index in [0.717, 1.165) is 19.4 Å². The highest BCUT2D eigenvalue weighted by Crippen LogP contribution is 2.11. The molecule has 4 nitrogen and oxygen atoms in total. The van der Waals surface area contributed by atoms with E-state index in [4.69, 9.17) is 4.74 Å². The van der Waals surface area contributed by atoms with Gasteiger partial charge in [-0.1, -0.05) is 6.92 Å². The van der Waals surface area contributed by atoms with Gasteiger partial charge in [-0.05, 0) is 33.4 Å². The van der Waals surface area contributed by atoms with Crippen molar-refractivity contribution < 1.29 is 4.74 Å². The second-order valence-electron chi connectivity index (χ2n) is 4.34. The molecule has 1 heterocycles. The molecular weight excluding hydrogens is 214 g/mol. The summed E-state index contributed by atoms with van der Waals surface area (Å²) in [5.74, 6) is 0. The maximum atomic E-state index is 5.39. The summed E-state index contributed by atoms with van der Waals surface area (Å²) in [6, 6.07) is 2.53. The van der Waals surface area contributed by atoms with Gasteiger partial charge in [0.15, 0.2) is 0 Å². The third-order valence-electron chi connectivity index (χ3n) is 3.31. The van der Waals surface area contributed by atoms with Crippen LogP contribution in [0.1, 0.15) is 32.2 Å². The number of ether oxygens (including phenoxy) is 1. The second kappa shape index (κ2) is 6.77. The minimum absolute atomic E-state index is 0.199. The van der Waals surface area contributed by atoms with Crippen molar-refractivity contribution in [3.05, 3.63) is 17.5 Å². The van der Waals surface area contributed by atoms with Gasteiger partial charge >= 0.3 is 0 Å². The minimum Gasteiger partial charge on any atom is -0.380 e. The van der Waals surface area contributed by atoms with Crippen LogP contribution in [-0.4, -0.2) is 36.1 Å². The quantitative estimate of drug-likeness (QED) is 0.786. The number of nitrogens with zero attached hydrogens (tertiary/aromatic N) is 2. The molecule has 0 saturated heterocycles. The predicted octanol–water partition coefficient (Wildman–Crippen LogP) is 1.63. The average Bonchev–Trinajstić information content (AvgIpc) is 2.77. The van der Waals surface area contributed by atoms with Crippen LogP contribution >= 0.6 is 0 Å². The number of rotatable bonds is 7. The van der Waals surface area contributed by atoms with Gasteiger partial charge < -0.3 is 10.1 Å². The van der Waals surface area contributed by atoms with Crippen LogP contribution in [0.15, 0.2) is 6.07 Å². The number of methoxy groups -OCH3 is 1. The van der Waals surface area contributed by atoms with Gasteiger partial charge in [-0.25, -0.2) is 0 Å². The maximum absolute atomic E-state index is 5.39. The van der Waals surface area contributed by atoms with Crippen LogP contribution in [0, 0.1) is 0 Å². The molecule has 2 atom stereocenters. The van der Waals surface area contributed by atoms with Gasteiger partial charge in [0.05, 0.1) is 11.8 Å². The Balaban J connectivity index is 2.80. The Hall–Kier alpha value is -0.870. The molecule has 0 bridgehead atoms. The van der Waals surface area contributed by atoms with Crippen LogP contribution in [-0.2, 0) is 24.1 Å². The molecule has 98 valence electrons. The van der Waals surface area contributed by atoms with E-state index in [-0.39, 0.29) is 6.10 Å². The van der Waals surface area contributed by atoms with E-state index in [1.54, 1.807) is 7.11 Å². The molecular formula is C13H25N3O. The highest BCUT2D eigenvalue weighted by Gasteiger charge is 2.18. The van der Waals surface area contributed by atoms with E-state index >= 15 is 0 Å². The monoisotopic (exact) mass is 239 g/mol. The molecule has 1 rings (SSSR count). The summed E-state index contributed by atoms with van der Waals surface area (Å²) in [6.45, 7) is 7.28. The number of hydrogen-bond acceptors (Lipinski definition) is 3. The number of likely N-dealkylation sites (N-methyl/N-ethyl adjacent to an activating group) is 1. The zero-order chi connectivity index (χ0) is 12.8. The molecule has 17 heavy (non-hydrogen) atoms. The van der Waals surface area contributed by atoms with Gasteiger partial charge in [0.1, 0.15) is 0 Å². The predicted molar refractivity (Wildman–Crippen MR) is 70.3 cm³/mol. The molecule has 0 aliphatic heterocycles. The fourth-order valence-electron chi connectivity index (χ4n) is 2.02. The van der Waals surface area contributed by atoms with Crippen molar-refractivity contribution in [1.82, 2.24) is 15.1 Å². The van der Waals surface area contributed by atoms with Gasteiger partial charge in [-0.15, -0.1) is 0 Å². The van der Waals surface area contributed by atoms with Crippen LogP contribution in [0.5, 0.6) is 0 Å². The first-order valence-corrected chi connectivity index (χ1v) is 6.41. The zero-order valence-electron chi connectivity index (χ0n) is 11.7. The summed E-state index contributed by atoms with van der Waals surface area (Å²) in [6.07, 6.45) is 2.14. The maximum Gasteiger partial charge on any atom is 0.0699 e. The number of hydrogen-bond donors (Lipinski definition) is 1.